The second-order valence-electron chi connectivity index (χ2n) is 32.0. The minimum atomic E-state index is -1.61. The third-order valence-electron chi connectivity index (χ3n) is 21.8. The lowest BCUT2D eigenvalue weighted by Crippen LogP contribution is -2.47. The lowest BCUT2D eigenvalue weighted by molar-refractivity contribution is -0.159. The van der Waals surface area contributed by atoms with Crippen LogP contribution in [0.25, 0.3) is 109 Å². The number of aliphatic hydroxyl groups is 2. The number of rotatable bonds is 19. The van der Waals surface area contributed by atoms with E-state index in [9.17, 15) is 43.5 Å². The molecule has 8 N–H and O–H groups in total. The molecule has 34 heteroatoms. The molecular weight excluding hydrogens is 2210 g/mol. The first-order valence-electron chi connectivity index (χ1n) is 45.0. The molecule has 0 aliphatic rings. The number of carboxylic acids is 1. The smallest absolute Gasteiger partial charge is 0.491 e. The highest BCUT2D eigenvalue weighted by Crippen LogP contribution is 2.42. The van der Waals surface area contributed by atoms with Crippen LogP contribution in [0.3, 0.4) is 0 Å². The third-order valence-corrected chi connectivity index (χ3v) is 25.6. The number of hydrogen-bond acceptors (Lipinski definition) is 17. The molecule has 1 atom stereocenters. The number of aryl methyl sites for hydroxylation is 1. The number of benzene rings is 17. The number of phenols is 1. The van der Waals surface area contributed by atoms with Crippen molar-refractivity contribution >= 4 is 280 Å². The Morgan fingerprint density at radius 3 is 1.01 bits per heavy atom. The van der Waals surface area contributed by atoms with Crippen molar-refractivity contribution in [2.75, 3.05) is 32.8 Å². The van der Waals surface area contributed by atoms with Gasteiger partial charge in [-0.2, -0.15) is 0 Å². The minimum Gasteiger partial charge on any atom is -0.508 e. The second-order valence-corrected chi connectivity index (χ2v) is 37.5. The van der Waals surface area contributed by atoms with Crippen LogP contribution in [0.2, 0.25) is 50.2 Å². The van der Waals surface area contributed by atoms with Crippen LogP contribution in [0.4, 0.5) is 0 Å². The number of aromatic hydroxyl groups is 1. The number of Topliss-reactive ketones (excluding diaryl/α,β-unsaturated/α-hetero) is 1. The number of ether oxygens (including phenoxy) is 4. The zero-order chi connectivity index (χ0) is 109. The summed E-state index contributed by atoms with van der Waals surface area (Å²) in [6.07, 6.45) is 1.86. The number of halogens is 13. The van der Waals surface area contributed by atoms with Gasteiger partial charge in [0.2, 0.25) is 23.6 Å². The number of hydrogen-bond donors (Lipinski definition) is 8. The molecule has 0 radical (unpaired) electrons. The fourth-order valence-electron chi connectivity index (χ4n) is 14.8. The molecule has 17 rings (SSSR count). The maximum absolute atomic E-state index is 12.0. The summed E-state index contributed by atoms with van der Waals surface area (Å²) >= 11 is 74.4. The maximum Gasteiger partial charge on any atom is 0.491 e. The van der Waals surface area contributed by atoms with Gasteiger partial charge in [0.25, 0.3) is 0 Å². The van der Waals surface area contributed by atoms with Gasteiger partial charge in [-0.15, -0.1) is 23.2 Å². The van der Waals surface area contributed by atoms with Crippen molar-refractivity contribution in [3.05, 3.63) is 399 Å². The van der Waals surface area contributed by atoms with Gasteiger partial charge in [-0.1, -0.05) is 307 Å². The van der Waals surface area contributed by atoms with Crippen molar-refractivity contribution < 1.29 is 87.8 Å². The minimum absolute atomic E-state index is 0.0496. The zero-order valence-corrected chi connectivity index (χ0v) is 91.1. The molecule has 0 saturated carbocycles. The van der Waals surface area contributed by atoms with Gasteiger partial charge in [-0.3, -0.25) is 14.4 Å². The van der Waals surface area contributed by atoms with E-state index in [-0.39, 0.29) is 76.2 Å². The monoisotopic (exact) mass is 2300 g/mol. The molecule has 0 heterocycles. The summed E-state index contributed by atoms with van der Waals surface area (Å²) in [7, 11) is 1.15. The number of esters is 4. The Balaban J connectivity index is 0.000000191. The van der Waals surface area contributed by atoms with E-state index in [2.05, 4.69) is 95.2 Å². The highest BCUT2D eigenvalue weighted by atomic mass is 79.9. The van der Waals surface area contributed by atoms with E-state index in [0.29, 0.717) is 51.3 Å². The van der Waals surface area contributed by atoms with Crippen LogP contribution in [-0.4, -0.2) is 130 Å². The number of aliphatic hydroxyl groups excluding tert-OH is 2. The molecule has 0 aliphatic carbocycles. The lowest BCUT2D eigenvalue weighted by Gasteiger charge is -2.15. The summed E-state index contributed by atoms with van der Waals surface area (Å²) in [5, 5.41) is 77.0. The van der Waals surface area contributed by atoms with E-state index < -0.39 is 48.8 Å². The van der Waals surface area contributed by atoms with Crippen molar-refractivity contribution in [1.82, 2.24) is 10.6 Å². The van der Waals surface area contributed by atoms with Gasteiger partial charge in [0.15, 0.2) is 0 Å². The first-order chi connectivity index (χ1) is 71.3. The number of fused-ring (bicyclic) bond motifs is 6. The van der Waals surface area contributed by atoms with Crippen molar-refractivity contribution in [3.8, 4) is 62.3 Å². The molecule has 17 aromatic carbocycles. The topological polar surface area (TPSA) is 319 Å². The quantitative estimate of drug-likeness (QED) is 0.00931. The fraction of sp³-hybridized carbons (Fsp3) is 0.130. The number of nitrogens with one attached hydrogen (secondary N) is 2. The molecule has 766 valence electrons. The van der Waals surface area contributed by atoms with Crippen LogP contribution in [0.1, 0.15) is 81.0 Å². The maximum atomic E-state index is 12.0. The molecular formula is C115H94BBrCl12N2O18. The number of carbonyl (C=O) groups is 8. The second kappa shape index (κ2) is 59.6. The van der Waals surface area contributed by atoms with Gasteiger partial charge in [-0.05, 0) is 264 Å². The Bertz CT molecular complexity index is 7530. The Morgan fingerprint density at radius 1 is 0.383 bits per heavy atom. The summed E-state index contributed by atoms with van der Waals surface area (Å²) < 4.78 is 18.6. The van der Waals surface area contributed by atoms with Crippen LogP contribution in [0.15, 0.2) is 309 Å². The van der Waals surface area contributed by atoms with Crippen LogP contribution >= 0.6 is 155 Å². The number of alkyl halides is 3. The molecule has 2 amide bonds. The Kier molecular flexibility index (Phi) is 48.0. The largest absolute Gasteiger partial charge is 0.508 e. The van der Waals surface area contributed by atoms with Gasteiger partial charge in [-0.25, -0.2) is 24.0 Å². The predicted octanol–water partition coefficient (Wildman–Crippen LogP) is 29.3. The van der Waals surface area contributed by atoms with E-state index >= 15 is 0 Å². The summed E-state index contributed by atoms with van der Waals surface area (Å²) in [6, 6.07) is 93.4. The molecule has 0 aliphatic heterocycles. The van der Waals surface area contributed by atoms with Crippen LogP contribution in [-0.2, 0) is 61.3 Å². The third kappa shape index (κ3) is 35.0. The van der Waals surface area contributed by atoms with Gasteiger partial charge < -0.3 is 60.1 Å². The number of carboxylic acid groups (broad SMARTS) is 1. The molecule has 0 saturated heterocycles. The first kappa shape index (κ1) is 120. The highest BCUT2D eigenvalue weighted by Gasteiger charge is 2.31. The molecule has 0 spiro atoms. The number of methoxy groups -OCH3 is 2. The lowest BCUT2D eigenvalue weighted by atomic mass is 9.80. The number of ketones is 1. The predicted molar refractivity (Wildman–Crippen MR) is 610 cm³/mol. The average Bonchev–Trinajstić information content (AvgIpc) is 0.800. The Hall–Kier alpha value is -12.7. The van der Waals surface area contributed by atoms with Crippen molar-refractivity contribution in [2.45, 2.75) is 65.1 Å². The molecule has 0 fully saturated rings. The molecule has 20 nitrogen and oxygen atoms in total. The summed E-state index contributed by atoms with van der Waals surface area (Å²) in [6.45, 7) is 8.10. The molecule has 1 unspecified atom stereocenters. The first-order valence-corrected chi connectivity index (χ1v) is 51.0. The van der Waals surface area contributed by atoms with Gasteiger partial charge in [0.1, 0.15) is 17.9 Å². The Morgan fingerprint density at radius 2 is 0.678 bits per heavy atom. The van der Waals surface area contributed by atoms with E-state index in [1.165, 1.54) is 62.1 Å². The van der Waals surface area contributed by atoms with E-state index in [4.69, 9.17) is 169 Å². The van der Waals surface area contributed by atoms with E-state index in [1.807, 2.05) is 177 Å². The van der Waals surface area contributed by atoms with E-state index in [0.717, 1.165) is 115 Å². The zero-order valence-electron chi connectivity index (χ0n) is 80.4. The van der Waals surface area contributed by atoms with Crippen LogP contribution in [0, 0.1) is 19.0 Å². The van der Waals surface area contributed by atoms with Crippen LogP contribution < -0.4 is 16.1 Å². The summed E-state index contributed by atoms with van der Waals surface area (Å²) in [5.74, 6) is -2.35. The number of carbonyl (C=O) groups excluding carboxylic acids is 7. The van der Waals surface area contributed by atoms with Crippen molar-refractivity contribution in [1.29, 1.82) is 0 Å². The van der Waals surface area contributed by atoms with Gasteiger partial charge in [0, 0.05) is 109 Å². The molecule has 17 aromatic rings. The van der Waals surface area contributed by atoms with Gasteiger partial charge >= 0.3 is 37.0 Å². The highest BCUT2D eigenvalue weighted by molar-refractivity contribution is 9.08. The van der Waals surface area contributed by atoms with E-state index in [1.54, 1.807) is 98.8 Å². The molecule has 0 aromatic heterocycles. The number of amides is 2. The standard InChI is InChI=1S/C23H17Cl2NO3.C18H12Cl2O2.C17H11BrCl2.C17H12Cl2O.C13H12O2.C11H8O3.C9H15NO5.C6H5BCl2O2.CH2Cl2/c1-14(28)26-21(22(29)9-10-27)12-15-5-6-17-13-18(8-7-16(17)11-15)23-19(24)3-2-4-20(23)25;1-22-18(21)14-8-6-11-9-13(7-5-12(11)10-14)17-15(19)3-2-4-16(17)20;18-10-11-4-5-13-9-14(7-6-12(13)8-11)17-15(19)2-1-3-16(17)20;18-15-2-1-3-16(19)17(15)14-7-6-12-8-11(10-20)4-5-13(12)9-14;1-9-3-4-11-8-12(13(14)15-2)6-5-10(11)7-9;12-10-4-3-7-5-9(11(13)14)2-1-8(7)6-10;1-4-14-8(12)7(10-6(3)11)9(13)15-5-2;8-4-2-1-3-5(9)6(4)7(10)11;2-1-3/h2-8,11,13,21,27H,12H2,1H3,(H,26,28);2-10H,1H3;1-9H,10H2;1-9,20H,10H2;3-8H,1-2H3;1-6,12H,(H,13,14);7H,4-5H2,1-3H3,(H,10,11);1-3,10-11H;1H2. The number of aromatic carboxylic acids is 1. The molecule has 0 bridgehead atoms. The normalized spacial score (nSPS) is 10.6. The summed E-state index contributed by atoms with van der Waals surface area (Å²) in [4.78, 5) is 90.2. The SMILES string of the molecule is CC(=O)NC(Cc1ccc2cc(-c3c(Cl)cccc3Cl)ccc2c1)C(=O)C#CO.CCOC(=O)C(NC(C)=O)C(=O)OCC.COC(=O)c1ccc2cc(-c3c(Cl)cccc3Cl)ccc2c1.COC(=O)c1ccc2cc(C)ccc2c1.ClCCl.Clc1cccc(Cl)c1-c1ccc2cc(CBr)ccc2c1.O=C(O)c1ccc2cc(O)ccc2c1.OB(O)c1c(Cl)cccc1Cl.OCc1ccc2cc(-c3c(Cl)cccc3Cl)ccc2c1. The number of phenolic OH excluding ortho intramolecular Hbond substituents is 1. The van der Waals surface area contributed by atoms with Crippen molar-refractivity contribution in [3.63, 3.8) is 0 Å². The van der Waals surface area contributed by atoms with Crippen molar-refractivity contribution in [2.24, 2.45) is 0 Å². The summed E-state index contributed by atoms with van der Waals surface area (Å²) in [5.41, 5.74) is 13.0. The Labute approximate surface area is 928 Å². The molecule has 149 heavy (non-hydrogen) atoms. The average molecular weight is 2310 g/mol. The van der Waals surface area contributed by atoms with Crippen LogP contribution in [0.5, 0.6) is 5.75 Å². The van der Waals surface area contributed by atoms with Gasteiger partial charge in [0.05, 0.1) is 56.1 Å². The fourth-order valence-corrected chi connectivity index (χ4v) is 18.2.